The van der Waals surface area contributed by atoms with Gasteiger partial charge in [0, 0.05) is 6.42 Å². The van der Waals surface area contributed by atoms with Gasteiger partial charge in [-0.2, -0.15) is 0 Å². The number of rotatable bonds is 11. The first kappa shape index (κ1) is 26.5. The van der Waals surface area contributed by atoms with Crippen LogP contribution in [-0.2, 0) is 13.9 Å². The molecule has 0 spiro atoms. The maximum absolute atomic E-state index is 11.0. The predicted molar refractivity (Wildman–Crippen MR) is 84.3 cm³/mol. The van der Waals surface area contributed by atoms with Crippen LogP contribution in [0.5, 0.6) is 0 Å². The van der Waals surface area contributed by atoms with Crippen LogP contribution in [0.4, 0.5) is 0 Å². The number of carbonyl (C=O) groups is 1. The molecule has 0 aromatic carbocycles. The predicted octanol–water partition coefficient (Wildman–Crippen LogP) is 2.25. The topological polar surface area (TPSA) is 83.8 Å². The summed E-state index contributed by atoms with van der Waals surface area (Å²) in [5.74, 6) is -0.814. The van der Waals surface area contributed by atoms with E-state index >= 15 is 0 Å². The molecular formula is C12H27Na2O5P. The Morgan fingerprint density at radius 3 is 1.70 bits per heavy atom. The van der Waals surface area contributed by atoms with Gasteiger partial charge in [-0.25, -0.2) is 4.57 Å². The molecule has 0 saturated carbocycles. The molecule has 5 nitrogen and oxygen atoms in total. The molecule has 2 N–H and O–H groups in total. The molecule has 0 fully saturated rings. The number of carbonyl (C=O) groups excluding carboxylic acids is 1. The fraction of sp³-hybridized carbons (Fsp3) is 0.917. The van der Waals surface area contributed by atoms with Crippen LogP contribution in [0, 0.1) is 0 Å². The summed E-state index contributed by atoms with van der Waals surface area (Å²) in [5, 5.41) is 0. The van der Waals surface area contributed by atoms with E-state index in [0.717, 1.165) is 19.3 Å². The van der Waals surface area contributed by atoms with Gasteiger partial charge in [-0.05, 0) is 6.42 Å². The summed E-state index contributed by atoms with van der Waals surface area (Å²) in [7, 11) is -4.65. The molecule has 0 heterocycles. The molecule has 0 aromatic heterocycles. The third-order valence-electron chi connectivity index (χ3n) is 2.71. The van der Waals surface area contributed by atoms with Crippen LogP contribution in [0.2, 0.25) is 0 Å². The Balaban J connectivity index is -0.00000144. The zero-order valence-electron chi connectivity index (χ0n) is 11.1. The van der Waals surface area contributed by atoms with Crippen molar-refractivity contribution in [2.45, 2.75) is 71.1 Å². The van der Waals surface area contributed by atoms with E-state index in [2.05, 4.69) is 11.4 Å². The van der Waals surface area contributed by atoms with Gasteiger partial charge in [0.1, 0.15) is 0 Å². The molecule has 20 heavy (non-hydrogen) atoms. The van der Waals surface area contributed by atoms with Gasteiger partial charge < -0.3 is 4.52 Å². The minimum absolute atomic E-state index is 0. The molecule has 0 bridgehead atoms. The van der Waals surface area contributed by atoms with Crippen LogP contribution in [-0.4, -0.2) is 74.9 Å². The summed E-state index contributed by atoms with van der Waals surface area (Å²) in [4.78, 5) is 27.8. The molecule has 0 aliphatic carbocycles. The van der Waals surface area contributed by atoms with Gasteiger partial charge in [0.05, 0.1) is 0 Å². The van der Waals surface area contributed by atoms with Crippen LogP contribution in [0.1, 0.15) is 71.1 Å². The minimum atomic E-state index is -4.65. The van der Waals surface area contributed by atoms with Crippen molar-refractivity contribution in [3.8, 4) is 0 Å². The van der Waals surface area contributed by atoms with Gasteiger partial charge in [-0.3, -0.25) is 14.6 Å². The van der Waals surface area contributed by atoms with E-state index in [1.165, 1.54) is 32.1 Å². The Bertz CT molecular complexity index is 271. The molecule has 0 aliphatic heterocycles. The number of phosphoric acid groups is 1. The van der Waals surface area contributed by atoms with Crippen molar-refractivity contribution in [1.29, 1.82) is 0 Å². The fourth-order valence-corrected chi connectivity index (χ4v) is 2.11. The van der Waals surface area contributed by atoms with E-state index in [1.54, 1.807) is 0 Å². The fourth-order valence-electron chi connectivity index (χ4n) is 1.76. The molecule has 0 aromatic rings. The summed E-state index contributed by atoms with van der Waals surface area (Å²) in [6.45, 7) is 2.19. The Morgan fingerprint density at radius 2 is 1.30 bits per heavy atom. The number of unbranched alkanes of at least 4 members (excludes halogenated alkanes) is 8. The third-order valence-corrected chi connectivity index (χ3v) is 3.15. The number of hydrogen-bond acceptors (Lipinski definition) is 3. The Morgan fingerprint density at radius 1 is 0.900 bits per heavy atom. The first-order chi connectivity index (χ1) is 8.45. The monoisotopic (exact) mass is 328 g/mol. The van der Waals surface area contributed by atoms with E-state index < -0.39 is 13.8 Å². The molecular weight excluding hydrogens is 301 g/mol. The van der Waals surface area contributed by atoms with Crippen LogP contribution in [0.15, 0.2) is 0 Å². The second-order valence-electron chi connectivity index (χ2n) is 4.53. The summed E-state index contributed by atoms with van der Waals surface area (Å²) in [5.41, 5.74) is 0. The Hall–Kier alpha value is 1.62. The van der Waals surface area contributed by atoms with Crippen molar-refractivity contribution in [1.82, 2.24) is 0 Å². The van der Waals surface area contributed by atoms with Crippen molar-refractivity contribution in [2.75, 3.05) is 0 Å². The standard InChI is InChI=1S/C12H25O5P.2Na.2H/c1-2-3-4-5-6-7-8-9-10-11-12(13)17-18(14,15)16;;;;/h2-11H2,1H3,(H2,14,15,16);;;;. The van der Waals surface area contributed by atoms with Gasteiger partial charge in [0.15, 0.2) is 0 Å². The van der Waals surface area contributed by atoms with Crippen LogP contribution >= 0.6 is 7.82 Å². The van der Waals surface area contributed by atoms with Gasteiger partial charge in [-0.15, -0.1) is 0 Å². The van der Waals surface area contributed by atoms with Crippen molar-refractivity contribution >= 4 is 72.9 Å². The van der Waals surface area contributed by atoms with Gasteiger partial charge in [0.2, 0.25) is 0 Å². The SMILES string of the molecule is CCCCCCCCCCCC(=O)OP(=O)(O)O.[NaH].[NaH]. The van der Waals surface area contributed by atoms with E-state index in [-0.39, 0.29) is 65.5 Å². The van der Waals surface area contributed by atoms with E-state index in [0.29, 0.717) is 6.42 Å². The first-order valence-electron chi connectivity index (χ1n) is 6.73. The van der Waals surface area contributed by atoms with Crippen molar-refractivity contribution in [2.24, 2.45) is 0 Å². The van der Waals surface area contributed by atoms with Crippen molar-refractivity contribution in [3.63, 3.8) is 0 Å². The quantitative estimate of drug-likeness (QED) is 0.345. The first-order valence-corrected chi connectivity index (χ1v) is 8.26. The molecule has 8 heteroatoms. The second-order valence-corrected chi connectivity index (χ2v) is 5.70. The summed E-state index contributed by atoms with van der Waals surface area (Å²) >= 11 is 0. The van der Waals surface area contributed by atoms with E-state index in [1.807, 2.05) is 0 Å². The Kier molecular flexibility index (Phi) is 22.5. The summed E-state index contributed by atoms with van der Waals surface area (Å²) in [6.07, 6.45) is 10.2. The average Bonchev–Trinajstić information content (AvgIpc) is 2.24. The number of hydrogen-bond donors (Lipinski definition) is 2. The Labute approximate surface area is 166 Å². The summed E-state index contributed by atoms with van der Waals surface area (Å²) < 4.78 is 14.3. The zero-order chi connectivity index (χ0) is 13.9. The van der Waals surface area contributed by atoms with Gasteiger partial charge in [-0.1, -0.05) is 58.3 Å². The number of phosphoric ester groups is 1. The molecule has 0 radical (unpaired) electrons. The molecule has 0 amide bonds. The average molecular weight is 328 g/mol. The van der Waals surface area contributed by atoms with Crippen LogP contribution < -0.4 is 0 Å². The molecule has 112 valence electrons. The maximum atomic E-state index is 11.0. The molecule has 0 atom stereocenters. The zero-order valence-corrected chi connectivity index (χ0v) is 12.0. The van der Waals surface area contributed by atoms with Crippen molar-refractivity contribution < 1.29 is 23.7 Å². The molecule has 0 unspecified atom stereocenters. The van der Waals surface area contributed by atoms with Gasteiger partial charge >= 0.3 is 72.9 Å². The molecule has 0 aliphatic rings. The van der Waals surface area contributed by atoms with Crippen LogP contribution in [0.3, 0.4) is 0 Å². The molecule has 0 saturated heterocycles. The second kappa shape index (κ2) is 17.0. The van der Waals surface area contributed by atoms with E-state index in [4.69, 9.17) is 9.79 Å². The summed E-state index contributed by atoms with van der Waals surface area (Å²) in [6, 6.07) is 0. The van der Waals surface area contributed by atoms with Gasteiger partial charge in [0.25, 0.3) is 0 Å². The normalized spacial score (nSPS) is 10.3. The van der Waals surface area contributed by atoms with Crippen molar-refractivity contribution in [3.05, 3.63) is 0 Å². The van der Waals surface area contributed by atoms with E-state index in [9.17, 15) is 9.36 Å². The van der Waals surface area contributed by atoms with Crippen LogP contribution in [0.25, 0.3) is 0 Å². The molecule has 0 rings (SSSR count). The third kappa shape index (κ3) is 21.9.